The van der Waals surface area contributed by atoms with Crippen molar-refractivity contribution in [3.63, 3.8) is 0 Å². The topological polar surface area (TPSA) is 359 Å². The number of aryl methyl sites for hydroxylation is 1. The van der Waals surface area contributed by atoms with Crippen molar-refractivity contribution < 1.29 is 48.1 Å². The molecule has 0 radical (unpaired) electrons. The molecule has 300 valence electrons. The SMILES string of the molecule is CC(=O)O.CC(=O)O.Cc1cc(=O)oc2cc(NC(=O)[C@H](CCCN=C(N)N)NC(=O)[C@H](CCCN=C(N)N)NC(=O)CNC(=O)OC(C)(C)C)ccc12. The first-order valence-electron chi connectivity index (χ1n) is 16.4. The van der Waals surface area contributed by atoms with Gasteiger partial charge in [-0.2, -0.15) is 0 Å². The van der Waals surface area contributed by atoms with E-state index in [1.807, 2.05) is 0 Å². The quantitative estimate of drug-likeness (QED) is 0.0487. The molecule has 0 spiro atoms. The lowest BCUT2D eigenvalue weighted by molar-refractivity contribution is -0.135. The first kappa shape index (κ1) is 47.6. The summed E-state index contributed by atoms with van der Waals surface area (Å²) in [5.41, 5.74) is 21.6. The van der Waals surface area contributed by atoms with Crippen LogP contribution >= 0.6 is 0 Å². The summed E-state index contributed by atoms with van der Waals surface area (Å²) in [6.07, 6.45) is 0.0522. The molecule has 0 unspecified atom stereocenters. The maximum Gasteiger partial charge on any atom is 0.408 e. The van der Waals surface area contributed by atoms with Crippen molar-refractivity contribution >= 4 is 64.3 Å². The second-order valence-electron chi connectivity index (χ2n) is 12.4. The number of aliphatic imine (C=N–C) groups is 2. The summed E-state index contributed by atoms with van der Waals surface area (Å²) < 4.78 is 10.4. The smallest absolute Gasteiger partial charge is 0.408 e. The van der Waals surface area contributed by atoms with Crippen LogP contribution in [0.25, 0.3) is 11.0 Å². The Bertz CT molecular complexity index is 1690. The Kier molecular flexibility index (Phi) is 21.1. The number of fused-ring (bicyclic) bond motifs is 1. The van der Waals surface area contributed by atoms with Gasteiger partial charge in [-0.05, 0) is 71.1 Å². The average molecular weight is 765 g/mol. The van der Waals surface area contributed by atoms with E-state index in [0.717, 1.165) is 13.8 Å². The van der Waals surface area contributed by atoms with Gasteiger partial charge in [0.1, 0.15) is 29.8 Å². The Labute approximate surface area is 311 Å². The number of nitrogens with one attached hydrogen (secondary N) is 4. The number of hydrogen-bond acceptors (Lipinski definition) is 11. The minimum absolute atomic E-state index is 0.103. The van der Waals surface area contributed by atoms with Gasteiger partial charge in [-0.3, -0.25) is 34.0 Å². The fourth-order valence-electron chi connectivity index (χ4n) is 4.16. The number of hydrogen-bond donors (Lipinski definition) is 10. The van der Waals surface area contributed by atoms with E-state index in [2.05, 4.69) is 31.3 Å². The first-order chi connectivity index (χ1) is 25.0. The molecular weight excluding hydrogens is 712 g/mol. The van der Waals surface area contributed by atoms with E-state index in [-0.39, 0.29) is 43.4 Å². The van der Waals surface area contributed by atoms with Gasteiger partial charge in [0.25, 0.3) is 11.9 Å². The van der Waals surface area contributed by atoms with Gasteiger partial charge in [-0.25, -0.2) is 9.59 Å². The Morgan fingerprint density at radius 2 is 1.33 bits per heavy atom. The number of amides is 4. The molecule has 0 aliphatic rings. The van der Waals surface area contributed by atoms with Crippen LogP contribution < -0.4 is 49.8 Å². The fourth-order valence-corrected chi connectivity index (χ4v) is 4.16. The van der Waals surface area contributed by atoms with Crippen LogP contribution in [-0.2, 0) is 28.7 Å². The fraction of sp³-hybridized carbons (Fsp3) is 0.485. The molecule has 14 N–H and O–H groups in total. The lowest BCUT2D eigenvalue weighted by Crippen LogP contribution is -2.54. The van der Waals surface area contributed by atoms with Crippen molar-refractivity contribution in [2.75, 3.05) is 25.0 Å². The minimum atomic E-state index is -1.12. The molecule has 0 saturated carbocycles. The van der Waals surface area contributed by atoms with Crippen LogP contribution in [0.5, 0.6) is 0 Å². The number of aliphatic carboxylic acids is 2. The number of alkyl carbamates (subject to hydrolysis) is 1. The summed E-state index contributed by atoms with van der Waals surface area (Å²) in [5, 5.41) is 25.8. The number of carbonyl (C=O) groups excluding carboxylic acids is 4. The molecular formula is C33H52N10O11. The highest BCUT2D eigenvalue weighted by molar-refractivity contribution is 5.99. The van der Waals surface area contributed by atoms with Crippen LogP contribution in [-0.4, -0.2) is 95.2 Å². The van der Waals surface area contributed by atoms with Crippen LogP contribution in [0.3, 0.4) is 0 Å². The molecule has 0 saturated heterocycles. The van der Waals surface area contributed by atoms with Gasteiger partial charge in [0.15, 0.2) is 11.9 Å². The van der Waals surface area contributed by atoms with Gasteiger partial charge in [-0.15, -0.1) is 0 Å². The molecule has 21 heteroatoms. The van der Waals surface area contributed by atoms with Gasteiger partial charge < -0.3 is 63.6 Å². The number of ether oxygens (including phenoxy) is 1. The molecule has 2 atom stereocenters. The van der Waals surface area contributed by atoms with Crippen molar-refractivity contribution in [3.05, 3.63) is 40.2 Å². The third-order valence-electron chi connectivity index (χ3n) is 6.19. The summed E-state index contributed by atoms with van der Waals surface area (Å²) in [7, 11) is 0. The van der Waals surface area contributed by atoms with Crippen LogP contribution in [0.15, 0.2) is 43.5 Å². The molecule has 1 aromatic carbocycles. The molecule has 2 aromatic rings. The lowest BCUT2D eigenvalue weighted by Gasteiger charge is -2.23. The van der Waals surface area contributed by atoms with E-state index in [4.69, 9.17) is 51.9 Å². The Morgan fingerprint density at radius 1 is 0.833 bits per heavy atom. The van der Waals surface area contributed by atoms with E-state index in [1.165, 1.54) is 12.1 Å². The van der Waals surface area contributed by atoms with E-state index < -0.39 is 65.6 Å². The average Bonchev–Trinajstić information content (AvgIpc) is 3.01. The number of carboxylic acid groups (broad SMARTS) is 2. The molecule has 0 bridgehead atoms. The second-order valence-corrected chi connectivity index (χ2v) is 12.4. The predicted molar refractivity (Wildman–Crippen MR) is 200 cm³/mol. The zero-order valence-corrected chi connectivity index (χ0v) is 31.2. The first-order valence-corrected chi connectivity index (χ1v) is 16.4. The molecule has 4 amide bonds. The number of carbonyl (C=O) groups is 6. The summed E-state index contributed by atoms with van der Waals surface area (Å²) in [6.45, 7) is 8.85. The highest BCUT2D eigenvalue weighted by Crippen LogP contribution is 2.21. The maximum absolute atomic E-state index is 13.5. The molecule has 0 aliphatic carbocycles. The van der Waals surface area contributed by atoms with Crippen molar-refractivity contribution in [2.24, 2.45) is 32.9 Å². The minimum Gasteiger partial charge on any atom is -0.481 e. The van der Waals surface area contributed by atoms with Gasteiger partial charge in [0.2, 0.25) is 17.7 Å². The van der Waals surface area contributed by atoms with Crippen molar-refractivity contribution in [1.82, 2.24) is 16.0 Å². The highest BCUT2D eigenvalue weighted by Gasteiger charge is 2.27. The van der Waals surface area contributed by atoms with Crippen LogP contribution in [0.1, 0.15) is 65.9 Å². The van der Waals surface area contributed by atoms with Crippen LogP contribution in [0.2, 0.25) is 0 Å². The Hall–Kier alpha value is -6.41. The summed E-state index contributed by atoms with van der Waals surface area (Å²) in [6, 6.07) is 4.00. The van der Waals surface area contributed by atoms with Crippen molar-refractivity contribution in [3.8, 4) is 0 Å². The predicted octanol–water partition coefficient (Wildman–Crippen LogP) is -0.177. The second kappa shape index (κ2) is 23.9. The van der Waals surface area contributed by atoms with Gasteiger partial charge in [-0.1, -0.05) is 0 Å². The monoisotopic (exact) mass is 764 g/mol. The molecule has 54 heavy (non-hydrogen) atoms. The highest BCUT2D eigenvalue weighted by atomic mass is 16.6. The zero-order valence-electron chi connectivity index (χ0n) is 31.2. The number of nitrogens with zero attached hydrogens (tertiary/aromatic N) is 2. The van der Waals surface area contributed by atoms with E-state index in [1.54, 1.807) is 39.8 Å². The molecule has 1 aromatic heterocycles. The number of nitrogens with two attached hydrogens (primary N) is 4. The largest absolute Gasteiger partial charge is 0.481 e. The summed E-state index contributed by atoms with van der Waals surface area (Å²) >= 11 is 0. The molecule has 2 rings (SSSR count). The number of guanidine groups is 2. The van der Waals surface area contributed by atoms with Gasteiger partial charge in [0.05, 0.1) is 0 Å². The number of rotatable bonds is 15. The third kappa shape index (κ3) is 23.1. The standard InChI is InChI=1S/C29H44N10O7.2C2H4O2/c1-16-13-23(41)45-21-14-17(9-10-18(16)21)37-24(42)20(8-6-12-35-27(32)33)39-25(43)19(7-5-11-34-26(30)31)38-22(40)15-36-28(44)46-29(2,3)4;2*1-2(3)4/h9-10,13-14,19-20H,5-8,11-12,15H2,1-4H3,(H,36,44)(H,37,42)(H,38,40)(H,39,43)(H4,30,31,34)(H4,32,33,35);2*1H3,(H,3,4)/t19-,20-;;/m0../s1. The van der Waals surface area contributed by atoms with E-state index in [9.17, 15) is 24.0 Å². The third-order valence-corrected chi connectivity index (χ3v) is 6.19. The normalized spacial score (nSPS) is 11.4. The van der Waals surface area contributed by atoms with E-state index in [0.29, 0.717) is 29.5 Å². The van der Waals surface area contributed by atoms with Gasteiger partial charge in [0, 0.05) is 50.1 Å². The maximum atomic E-state index is 13.5. The molecule has 21 nitrogen and oxygen atoms in total. The molecule has 0 fully saturated rings. The molecule has 1 heterocycles. The summed E-state index contributed by atoms with van der Waals surface area (Å²) in [4.78, 5) is 89.2. The Balaban J connectivity index is 0.00000318. The number of benzene rings is 1. The van der Waals surface area contributed by atoms with Crippen molar-refractivity contribution in [1.29, 1.82) is 0 Å². The van der Waals surface area contributed by atoms with E-state index >= 15 is 0 Å². The Morgan fingerprint density at radius 3 is 1.81 bits per heavy atom. The van der Waals surface area contributed by atoms with Crippen LogP contribution in [0.4, 0.5) is 10.5 Å². The zero-order chi connectivity index (χ0) is 41.6. The van der Waals surface area contributed by atoms with Gasteiger partial charge >= 0.3 is 11.7 Å². The number of carboxylic acids is 2. The van der Waals surface area contributed by atoms with Crippen molar-refractivity contribution in [2.45, 2.75) is 84.9 Å². The lowest BCUT2D eigenvalue weighted by atomic mass is 10.1. The molecule has 0 aliphatic heterocycles. The summed E-state index contributed by atoms with van der Waals surface area (Å²) in [5.74, 6) is -3.84. The van der Waals surface area contributed by atoms with Crippen LogP contribution in [0, 0.1) is 6.92 Å². The number of anilines is 1.